The number of aromatic nitrogens is 2. The van der Waals surface area contributed by atoms with Gasteiger partial charge in [-0.15, -0.1) is 0 Å². The number of carbonyl (C=O) groups is 1. The Balaban J connectivity index is 1.84. The summed E-state index contributed by atoms with van der Waals surface area (Å²) in [5, 5.41) is 3.91. The monoisotopic (exact) mass is 424 g/mol. The molecule has 2 heterocycles. The molecule has 7 heteroatoms. The van der Waals surface area contributed by atoms with Gasteiger partial charge in [-0.05, 0) is 43.7 Å². The highest BCUT2D eigenvalue weighted by Gasteiger charge is 2.42. The largest absolute Gasteiger partial charge is 0.372 e. The number of nitrogens with zero attached hydrogens (tertiary/aromatic N) is 2. The molecule has 0 amide bonds. The zero-order valence-corrected chi connectivity index (χ0v) is 18.5. The van der Waals surface area contributed by atoms with Crippen LogP contribution < -0.4 is 15.8 Å². The Morgan fingerprint density at radius 2 is 1.83 bits per heavy atom. The van der Waals surface area contributed by atoms with Crippen LogP contribution in [0.2, 0.25) is 0 Å². The molecule has 0 bridgehead atoms. The third-order valence-electron chi connectivity index (χ3n) is 5.94. The molecule has 1 aromatic heterocycles. The normalized spacial score (nSPS) is 20.1. The molecule has 0 fully saturated rings. The number of allylic oxidation sites excluding steroid dienone is 2. The highest BCUT2D eigenvalue weighted by atomic mass is 32.2. The molecular weight excluding hydrogens is 396 g/mol. The maximum atomic E-state index is 13.1. The Morgan fingerprint density at radius 3 is 2.50 bits per heavy atom. The van der Waals surface area contributed by atoms with Gasteiger partial charge in [0.05, 0.1) is 11.5 Å². The Hall–Kier alpha value is -2.54. The van der Waals surface area contributed by atoms with Crippen molar-refractivity contribution in [2.75, 3.05) is 29.1 Å². The fourth-order valence-corrected chi connectivity index (χ4v) is 5.11. The van der Waals surface area contributed by atoms with E-state index in [1.54, 1.807) is 0 Å². The summed E-state index contributed by atoms with van der Waals surface area (Å²) >= 11 is 1.50. The van der Waals surface area contributed by atoms with Crippen molar-refractivity contribution in [3.8, 4) is 0 Å². The topological polar surface area (TPSA) is 78.1 Å². The molecule has 30 heavy (non-hydrogen) atoms. The Morgan fingerprint density at radius 1 is 1.10 bits per heavy atom. The zero-order chi connectivity index (χ0) is 21.3. The second-order valence-corrected chi connectivity index (χ2v) is 8.83. The molecule has 2 aliphatic rings. The number of H-pyrrole nitrogens is 1. The average Bonchev–Trinajstić information content (AvgIpc) is 2.74. The van der Waals surface area contributed by atoms with Crippen LogP contribution in [-0.2, 0) is 4.79 Å². The van der Waals surface area contributed by atoms with Gasteiger partial charge < -0.3 is 15.2 Å². The van der Waals surface area contributed by atoms with Crippen molar-refractivity contribution in [3.05, 3.63) is 57.5 Å². The van der Waals surface area contributed by atoms with E-state index in [9.17, 15) is 9.59 Å². The molecule has 0 radical (unpaired) electrons. The SMILES string of the molecule is CCSc1nc2c(c(=O)[nH]1)[C@@H](c1ccc(N(CC)CC)cc1)[C@@H]1C(=O)CCC=C1N2. The van der Waals surface area contributed by atoms with Gasteiger partial charge in [0, 0.05) is 36.8 Å². The number of nitrogens with one attached hydrogen (secondary N) is 2. The van der Waals surface area contributed by atoms with Gasteiger partial charge in [-0.25, -0.2) is 4.98 Å². The molecule has 0 saturated carbocycles. The fourth-order valence-electron chi connectivity index (χ4n) is 4.51. The van der Waals surface area contributed by atoms with Crippen LogP contribution in [0.4, 0.5) is 11.5 Å². The number of thioether (sulfide) groups is 1. The summed E-state index contributed by atoms with van der Waals surface area (Å²) in [6.45, 7) is 8.16. The lowest BCUT2D eigenvalue weighted by Crippen LogP contribution is -2.38. The summed E-state index contributed by atoms with van der Waals surface area (Å²) in [4.78, 5) is 35.9. The number of ketones is 1. The maximum absolute atomic E-state index is 13.1. The molecule has 2 N–H and O–H groups in total. The number of aromatic amines is 1. The summed E-state index contributed by atoms with van der Waals surface area (Å²) < 4.78 is 0. The first-order valence-electron chi connectivity index (χ1n) is 10.7. The van der Waals surface area contributed by atoms with E-state index in [2.05, 4.69) is 64.4 Å². The number of rotatable bonds is 6. The first kappa shape index (κ1) is 20.7. The van der Waals surface area contributed by atoms with E-state index < -0.39 is 0 Å². The van der Waals surface area contributed by atoms with Crippen LogP contribution in [0.3, 0.4) is 0 Å². The van der Waals surface area contributed by atoms with Gasteiger partial charge in [0.25, 0.3) is 5.56 Å². The summed E-state index contributed by atoms with van der Waals surface area (Å²) in [7, 11) is 0. The van der Waals surface area contributed by atoms with E-state index >= 15 is 0 Å². The minimum absolute atomic E-state index is 0.168. The van der Waals surface area contributed by atoms with E-state index in [1.165, 1.54) is 11.8 Å². The summed E-state index contributed by atoms with van der Waals surface area (Å²) in [5.74, 6) is 0.877. The van der Waals surface area contributed by atoms with Crippen LogP contribution in [0.25, 0.3) is 0 Å². The van der Waals surface area contributed by atoms with Crippen LogP contribution in [0, 0.1) is 5.92 Å². The lowest BCUT2D eigenvalue weighted by Gasteiger charge is -2.36. The first-order valence-corrected chi connectivity index (χ1v) is 11.7. The fraction of sp³-hybridized carbons (Fsp3) is 0.435. The first-order chi connectivity index (χ1) is 14.6. The lowest BCUT2D eigenvalue weighted by atomic mass is 9.72. The highest BCUT2D eigenvalue weighted by molar-refractivity contribution is 7.99. The minimum Gasteiger partial charge on any atom is -0.372 e. The molecule has 0 spiro atoms. The number of hydrogen-bond acceptors (Lipinski definition) is 6. The molecule has 1 aromatic carbocycles. The van der Waals surface area contributed by atoms with Crippen molar-refractivity contribution in [1.82, 2.24) is 9.97 Å². The van der Waals surface area contributed by atoms with E-state index in [-0.39, 0.29) is 23.2 Å². The van der Waals surface area contributed by atoms with Crippen molar-refractivity contribution in [2.24, 2.45) is 5.92 Å². The molecule has 2 aromatic rings. The minimum atomic E-state index is -0.363. The number of carbonyl (C=O) groups excluding carboxylic acids is 1. The predicted octanol–water partition coefficient (Wildman–Crippen LogP) is 4.15. The molecule has 2 atom stereocenters. The highest BCUT2D eigenvalue weighted by Crippen LogP contribution is 2.45. The van der Waals surface area contributed by atoms with Gasteiger partial charge in [0.15, 0.2) is 5.16 Å². The summed E-state index contributed by atoms with van der Waals surface area (Å²) in [6, 6.07) is 8.29. The second-order valence-electron chi connectivity index (χ2n) is 7.57. The van der Waals surface area contributed by atoms with E-state index in [0.717, 1.165) is 42.2 Å². The van der Waals surface area contributed by atoms with Crippen molar-refractivity contribution < 1.29 is 4.79 Å². The number of fused-ring (bicyclic) bond motifs is 2. The van der Waals surface area contributed by atoms with E-state index in [4.69, 9.17) is 0 Å². The van der Waals surface area contributed by atoms with Gasteiger partial charge in [-0.2, -0.15) is 0 Å². The van der Waals surface area contributed by atoms with Crippen LogP contribution in [-0.4, -0.2) is 34.6 Å². The molecule has 158 valence electrons. The lowest BCUT2D eigenvalue weighted by molar-refractivity contribution is -0.122. The molecule has 4 rings (SSSR count). The van der Waals surface area contributed by atoms with Gasteiger partial charge >= 0.3 is 0 Å². The maximum Gasteiger partial charge on any atom is 0.257 e. The summed E-state index contributed by atoms with van der Waals surface area (Å²) in [6.07, 6.45) is 3.32. The van der Waals surface area contributed by atoms with Crippen molar-refractivity contribution in [3.63, 3.8) is 0 Å². The molecule has 0 saturated heterocycles. The molecular formula is C23H28N4O2S. The van der Waals surface area contributed by atoms with Gasteiger partial charge in [-0.3, -0.25) is 9.59 Å². The van der Waals surface area contributed by atoms with Crippen molar-refractivity contribution in [2.45, 2.75) is 44.7 Å². The zero-order valence-electron chi connectivity index (χ0n) is 17.7. The number of Topliss-reactive ketones (excluding diaryl/α,β-unsaturated/α-hetero) is 1. The quantitative estimate of drug-likeness (QED) is 0.536. The van der Waals surface area contributed by atoms with Crippen LogP contribution in [0.5, 0.6) is 0 Å². The third-order valence-corrected chi connectivity index (χ3v) is 6.69. The molecule has 6 nitrogen and oxygen atoms in total. The van der Waals surface area contributed by atoms with Gasteiger partial charge in [-0.1, -0.05) is 36.9 Å². The average molecular weight is 425 g/mol. The molecule has 0 unspecified atom stereocenters. The Bertz CT molecular complexity index is 1020. The number of anilines is 2. The van der Waals surface area contributed by atoms with Crippen molar-refractivity contribution >= 4 is 29.1 Å². The second kappa shape index (κ2) is 8.68. The summed E-state index contributed by atoms with van der Waals surface area (Å²) in [5.41, 5.74) is 3.39. The van der Waals surface area contributed by atoms with Crippen LogP contribution in [0.1, 0.15) is 50.7 Å². The molecule has 1 aliphatic carbocycles. The smallest absolute Gasteiger partial charge is 0.257 e. The van der Waals surface area contributed by atoms with Gasteiger partial charge in [0.1, 0.15) is 11.6 Å². The Kier molecular flexibility index (Phi) is 5.99. The molecule has 1 aliphatic heterocycles. The van der Waals surface area contributed by atoms with E-state index in [0.29, 0.717) is 23.0 Å². The van der Waals surface area contributed by atoms with Gasteiger partial charge in [0.2, 0.25) is 0 Å². The van der Waals surface area contributed by atoms with Crippen LogP contribution >= 0.6 is 11.8 Å². The standard InChI is InChI=1S/C23H28N4O2S/c1-4-27(5-2)15-12-10-14(11-13-15)18-19-16(8-7-9-17(19)28)24-21-20(18)22(29)26-23(25-21)30-6-3/h8,10-13,18-19H,4-7,9H2,1-3H3,(H2,24,25,26,29)/t18-,19-/m0/s1. The van der Waals surface area contributed by atoms with Crippen LogP contribution in [0.15, 0.2) is 46.0 Å². The number of hydrogen-bond donors (Lipinski definition) is 2. The predicted molar refractivity (Wildman–Crippen MR) is 123 cm³/mol. The Labute approximate surface area is 181 Å². The number of benzene rings is 1. The van der Waals surface area contributed by atoms with Crippen molar-refractivity contribution in [1.29, 1.82) is 0 Å². The third kappa shape index (κ3) is 3.67. The van der Waals surface area contributed by atoms with E-state index in [1.807, 2.05) is 6.92 Å².